The van der Waals surface area contributed by atoms with E-state index in [1.54, 1.807) is 0 Å². The highest BCUT2D eigenvalue weighted by atomic mass is 29.8. The van der Waals surface area contributed by atoms with Gasteiger partial charge in [-0.15, -0.1) is 0 Å². The van der Waals surface area contributed by atoms with E-state index >= 15 is 0 Å². The fraction of sp³-hybridized carbons (Fsp3) is 1.00. The second kappa shape index (κ2) is 8.42. The van der Waals surface area contributed by atoms with Gasteiger partial charge in [0, 0.05) is 0 Å². The first-order valence-electron chi connectivity index (χ1n) is 11.6. The molecule has 0 N–H and O–H groups in total. The Morgan fingerprint density at radius 3 is 0.750 bits per heavy atom. The lowest BCUT2D eigenvalue weighted by molar-refractivity contribution is 0.627. The third-order valence-corrected chi connectivity index (χ3v) is 69.0. The lowest BCUT2D eigenvalue weighted by Gasteiger charge is -2.62. The maximum Gasteiger partial charge on any atom is 0.0644 e. The van der Waals surface area contributed by atoms with Crippen molar-refractivity contribution in [1.82, 2.24) is 0 Å². The molecule has 0 aromatic rings. The number of hydrogen-bond acceptors (Lipinski definition) is 0. The predicted molar refractivity (Wildman–Crippen MR) is 144 cm³/mol. The quantitative estimate of drug-likeness (QED) is 0.369. The highest BCUT2D eigenvalue weighted by Gasteiger charge is 2.62. The minimum absolute atomic E-state index is 0.435. The summed E-state index contributed by atoms with van der Waals surface area (Å²) in [4.78, 5) is 0. The van der Waals surface area contributed by atoms with E-state index in [0.29, 0.717) is 20.2 Å². The van der Waals surface area contributed by atoms with Crippen LogP contribution in [0.3, 0.4) is 0 Å². The zero-order chi connectivity index (χ0) is 23.3. The van der Waals surface area contributed by atoms with Crippen LogP contribution in [0.25, 0.3) is 0 Å². The molecule has 0 aliphatic rings. The summed E-state index contributed by atoms with van der Waals surface area (Å²) in [5.41, 5.74) is 1.76. The Bertz CT molecular complexity index is 492. The summed E-state index contributed by atoms with van der Waals surface area (Å²) in [5.74, 6) is 0. The summed E-state index contributed by atoms with van der Waals surface area (Å²) in [6.07, 6.45) is 0. The first-order valence-corrected chi connectivity index (χ1v) is 22.8. The second-order valence-electron chi connectivity index (χ2n) is 14.4. The van der Waals surface area contributed by atoms with Gasteiger partial charge in [-0.05, 0) is 46.1 Å². The summed E-state index contributed by atoms with van der Waals surface area (Å²) in [7, 11) is -3.67. The van der Waals surface area contributed by atoms with E-state index in [4.69, 9.17) is 0 Å². The highest BCUT2D eigenvalue weighted by molar-refractivity contribution is 7.68. The van der Waals surface area contributed by atoms with Crippen molar-refractivity contribution in [1.29, 1.82) is 0 Å². The van der Waals surface area contributed by atoms with Crippen LogP contribution in [0.15, 0.2) is 0 Å². The van der Waals surface area contributed by atoms with Crippen LogP contribution in [-0.4, -0.2) is 30.0 Å². The Hall–Kier alpha value is 0.868. The summed E-state index contributed by atoms with van der Waals surface area (Å²) >= 11 is 0. The molecule has 0 radical (unpaired) electrons. The number of rotatable bonds is 4. The molecule has 28 heavy (non-hydrogen) atoms. The molecular formula is C24H56Si4. The van der Waals surface area contributed by atoms with Gasteiger partial charge in [0.25, 0.3) is 0 Å². The molecular weight excluding hydrogens is 401 g/mol. The summed E-state index contributed by atoms with van der Waals surface area (Å²) < 4.78 is 0. The largest absolute Gasteiger partial charge is 0.0684 e. The average molecular weight is 457 g/mol. The Labute approximate surface area is 184 Å². The van der Waals surface area contributed by atoms with E-state index in [-0.39, 0.29) is 0 Å². The molecule has 0 aromatic heterocycles. The third-order valence-electron chi connectivity index (χ3n) is 8.53. The van der Waals surface area contributed by atoms with Gasteiger partial charge in [0.05, 0.1) is 15.2 Å². The van der Waals surface area contributed by atoms with Crippen molar-refractivity contribution in [3.63, 3.8) is 0 Å². The van der Waals surface area contributed by atoms with E-state index in [9.17, 15) is 0 Å². The normalized spacial score (nSPS) is 15.4. The van der Waals surface area contributed by atoms with E-state index in [2.05, 4.69) is 124 Å². The fourth-order valence-electron chi connectivity index (χ4n) is 6.07. The van der Waals surface area contributed by atoms with Crippen LogP contribution in [0.1, 0.15) is 111 Å². The minimum atomic E-state index is -1.62. The maximum absolute atomic E-state index is 2.87. The smallest absolute Gasteiger partial charge is 0.0644 e. The summed E-state index contributed by atoms with van der Waals surface area (Å²) in [5, 5.41) is 1.79. The fourth-order valence-corrected chi connectivity index (χ4v) is 93.9. The second-order valence-corrected chi connectivity index (χ2v) is 45.6. The van der Waals surface area contributed by atoms with Gasteiger partial charge in [-0.3, -0.25) is 0 Å². The molecule has 168 valence electrons. The van der Waals surface area contributed by atoms with Crippen LogP contribution in [0.2, 0.25) is 44.3 Å². The van der Waals surface area contributed by atoms with Crippen molar-refractivity contribution in [3.8, 4) is 0 Å². The zero-order valence-electron chi connectivity index (χ0n) is 23.2. The molecule has 0 nitrogen and oxygen atoms in total. The zero-order valence-corrected chi connectivity index (χ0v) is 27.2. The van der Waals surface area contributed by atoms with Crippen molar-refractivity contribution in [2.75, 3.05) is 0 Å². The van der Waals surface area contributed by atoms with Gasteiger partial charge < -0.3 is 0 Å². The van der Waals surface area contributed by atoms with Crippen LogP contribution < -0.4 is 0 Å². The van der Waals surface area contributed by atoms with Crippen LogP contribution in [0.5, 0.6) is 0 Å². The van der Waals surface area contributed by atoms with Crippen molar-refractivity contribution < 1.29 is 0 Å². The van der Waals surface area contributed by atoms with Crippen LogP contribution in [0, 0.1) is 0 Å². The van der Waals surface area contributed by atoms with Crippen LogP contribution >= 0.6 is 0 Å². The monoisotopic (exact) mass is 456 g/mol. The Kier molecular flexibility index (Phi) is 8.68. The number of hydrogen-bond donors (Lipinski definition) is 0. The summed E-state index contributed by atoms with van der Waals surface area (Å²) in [6, 6.07) is 0. The van der Waals surface area contributed by atoms with Gasteiger partial charge in [0.2, 0.25) is 0 Å². The molecule has 0 aliphatic heterocycles. The third kappa shape index (κ3) is 4.85. The van der Waals surface area contributed by atoms with Gasteiger partial charge in [-0.1, -0.05) is 124 Å². The molecule has 4 heteroatoms. The molecule has 0 aromatic carbocycles. The van der Waals surface area contributed by atoms with Gasteiger partial charge in [0.1, 0.15) is 0 Å². The lowest BCUT2D eigenvalue weighted by atomic mass is 10.2. The molecule has 0 spiro atoms. The van der Waals surface area contributed by atoms with Crippen LogP contribution in [0.4, 0.5) is 0 Å². The average Bonchev–Trinajstić information content (AvgIpc) is 2.36. The Balaban J connectivity index is 8.01. The van der Waals surface area contributed by atoms with Crippen molar-refractivity contribution in [3.05, 3.63) is 0 Å². The van der Waals surface area contributed by atoms with Crippen molar-refractivity contribution >= 4 is 30.0 Å². The van der Waals surface area contributed by atoms with Crippen molar-refractivity contribution in [2.45, 2.75) is 155 Å². The van der Waals surface area contributed by atoms with Gasteiger partial charge >= 0.3 is 0 Å². The molecule has 0 saturated carbocycles. The van der Waals surface area contributed by atoms with E-state index in [1.807, 2.05) is 0 Å². The van der Waals surface area contributed by atoms with E-state index in [1.165, 1.54) is 0 Å². The standard InChI is InChI=1S/C24H56Si4/c1-19(2)25(20(3)4)26(27(17,21(5,6)7)22(8,9)10)28(18,23(11,12)13)24(14,15)16/h19-20H,1-18H3. The molecule has 0 heterocycles. The van der Waals surface area contributed by atoms with Crippen molar-refractivity contribution in [2.24, 2.45) is 0 Å². The van der Waals surface area contributed by atoms with Crippen LogP contribution in [-0.2, 0) is 0 Å². The lowest BCUT2D eigenvalue weighted by Crippen LogP contribution is -2.74. The van der Waals surface area contributed by atoms with E-state index in [0.717, 1.165) is 11.1 Å². The summed E-state index contributed by atoms with van der Waals surface area (Å²) in [6.45, 7) is 47.0. The molecule has 0 bridgehead atoms. The van der Waals surface area contributed by atoms with Gasteiger partial charge in [0.15, 0.2) is 0 Å². The highest BCUT2D eigenvalue weighted by Crippen LogP contribution is 2.59. The Morgan fingerprint density at radius 1 is 0.464 bits per heavy atom. The first-order chi connectivity index (χ1) is 11.9. The molecule has 0 fully saturated rings. The minimum Gasteiger partial charge on any atom is -0.0684 e. The topological polar surface area (TPSA) is 0 Å². The molecule has 0 rings (SSSR count). The molecule has 0 atom stereocenters. The first kappa shape index (κ1) is 28.9. The Morgan fingerprint density at radius 2 is 0.643 bits per heavy atom. The van der Waals surface area contributed by atoms with Gasteiger partial charge in [-0.2, -0.15) is 0 Å². The van der Waals surface area contributed by atoms with E-state index < -0.39 is 30.0 Å². The van der Waals surface area contributed by atoms with Gasteiger partial charge in [-0.25, -0.2) is 0 Å². The molecule has 0 saturated heterocycles. The molecule has 0 aliphatic carbocycles. The maximum atomic E-state index is 2.87. The molecule has 0 unspecified atom stereocenters. The molecule has 0 amide bonds. The predicted octanol–water partition coefficient (Wildman–Crippen LogP) is 9.39. The SMILES string of the molecule is CC(C)[Si](C(C)C)=[Si]([Si](C)(C(C)(C)C)C(C)(C)C)[Si](C)(C(C)(C)C)C(C)(C)C.